The van der Waals surface area contributed by atoms with Crippen LogP contribution >= 0.6 is 0 Å². The molecule has 0 fully saturated rings. The Morgan fingerprint density at radius 3 is 2.68 bits per heavy atom. The summed E-state index contributed by atoms with van der Waals surface area (Å²) >= 11 is 0. The quantitative estimate of drug-likeness (QED) is 0.770. The van der Waals surface area contributed by atoms with Gasteiger partial charge in [0.1, 0.15) is 6.10 Å². The van der Waals surface area contributed by atoms with Gasteiger partial charge in [-0.05, 0) is 55.7 Å². The maximum Gasteiger partial charge on any atom is 0.121 e. The van der Waals surface area contributed by atoms with Crippen molar-refractivity contribution in [2.75, 3.05) is 6.61 Å². The summed E-state index contributed by atoms with van der Waals surface area (Å²) in [5.74, 6) is 5.71. The first-order valence-electron chi connectivity index (χ1n) is 8.13. The van der Waals surface area contributed by atoms with Gasteiger partial charge in [0.15, 0.2) is 0 Å². The van der Waals surface area contributed by atoms with E-state index in [1.165, 1.54) is 30.4 Å². The van der Waals surface area contributed by atoms with Crippen LogP contribution in [0.2, 0.25) is 0 Å². The van der Waals surface area contributed by atoms with E-state index in [1.54, 1.807) is 6.08 Å². The largest absolute Gasteiger partial charge is 0.392 e. The van der Waals surface area contributed by atoms with Crippen molar-refractivity contribution in [1.82, 2.24) is 0 Å². The summed E-state index contributed by atoms with van der Waals surface area (Å²) in [6, 6.07) is 0. The number of hydrogen-bond donors (Lipinski definition) is 2. The zero-order valence-electron chi connectivity index (χ0n) is 14.6. The summed E-state index contributed by atoms with van der Waals surface area (Å²) in [5, 5.41) is 18.9. The van der Waals surface area contributed by atoms with Gasteiger partial charge in [0.2, 0.25) is 0 Å². The van der Waals surface area contributed by atoms with Gasteiger partial charge in [-0.1, -0.05) is 50.3 Å². The molecule has 0 saturated heterocycles. The summed E-state index contributed by atoms with van der Waals surface area (Å²) in [6.45, 7) is 10.6. The molecule has 2 atom stereocenters. The normalized spacial score (nSPS) is 21.5. The van der Waals surface area contributed by atoms with Crippen LogP contribution in [0.25, 0.3) is 0 Å². The molecule has 0 bridgehead atoms. The van der Waals surface area contributed by atoms with Crippen LogP contribution in [-0.4, -0.2) is 22.9 Å². The summed E-state index contributed by atoms with van der Waals surface area (Å²) in [5.41, 5.74) is 3.86. The summed E-state index contributed by atoms with van der Waals surface area (Å²) in [7, 11) is 0. The van der Waals surface area contributed by atoms with E-state index in [1.807, 2.05) is 13.8 Å². The van der Waals surface area contributed by atoms with E-state index in [2.05, 4.69) is 44.8 Å². The molecular formula is C20H30O2. The molecule has 0 heterocycles. The number of hydrogen-bond acceptors (Lipinski definition) is 2. The van der Waals surface area contributed by atoms with Gasteiger partial charge in [0, 0.05) is 5.92 Å². The molecule has 22 heavy (non-hydrogen) atoms. The third-order valence-corrected chi connectivity index (χ3v) is 4.42. The van der Waals surface area contributed by atoms with Gasteiger partial charge in [0.25, 0.3) is 0 Å². The first kappa shape index (κ1) is 18.7. The Hall–Kier alpha value is -1.30. The predicted molar refractivity (Wildman–Crippen MR) is 93.3 cm³/mol. The second-order valence-corrected chi connectivity index (χ2v) is 6.93. The van der Waals surface area contributed by atoms with Crippen LogP contribution in [-0.2, 0) is 0 Å². The molecule has 0 aliphatic heterocycles. The molecule has 2 nitrogen and oxygen atoms in total. The van der Waals surface area contributed by atoms with Gasteiger partial charge >= 0.3 is 0 Å². The predicted octanol–water partition coefficient (Wildman–Crippen LogP) is 4.01. The smallest absolute Gasteiger partial charge is 0.121 e. The molecule has 2 N–H and O–H groups in total. The molecule has 2 unspecified atom stereocenters. The van der Waals surface area contributed by atoms with Gasteiger partial charge in [0.05, 0.1) is 6.61 Å². The lowest BCUT2D eigenvalue weighted by molar-refractivity contribution is 0.194. The molecule has 2 heteroatoms. The Labute approximate surface area is 135 Å². The Morgan fingerprint density at radius 1 is 1.41 bits per heavy atom. The summed E-state index contributed by atoms with van der Waals surface area (Å²) < 4.78 is 0. The minimum atomic E-state index is -0.689. The third-order valence-electron chi connectivity index (χ3n) is 4.42. The Morgan fingerprint density at radius 2 is 2.09 bits per heavy atom. The van der Waals surface area contributed by atoms with Crippen molar-refractivity contribution >= 4 is 0 Å². The van der Waals surface area contributed by atoms with Crippen molar-refractivity contribution in [2.45, 2.75) is 60.0 Å². The van der Waals surface area contributed by atoms with E-state index >= 15 is 0 Å². The van der Waals surface area contributed by atoms with Gasteiger partial charge in [-0.3, -0.25) is 0 Å². The minimum Gasteiger partial charge on any atom is -0.392 e. The molecule has 0 aromatic heterocycles. The van der Waals surface area contributed by atoms with Crippen LogP contribution in [0.3, 0.4) is 0 Å². The van der Waals surface area contributed by atoms with Crippen LogP contribution in [0.15, 0.2) is 34.9 Å². The molecule has 0 aromatic carbocycles. The van der Waals surface area contributed by atoms with Crippen molar-refractivity contribution in [3.63, 3.8) is 0 Å². The van der Waals surface area contributed by atoms with Crippen molar-refractivity contribution in [3.8, 4) is 11.8 Å². The van der Waals surface area contributed by atoms with Gasteiger partial charge in [-0.2, -0.15) is 0 Å². The Balaban J connectivity index is 2.79. The monoisotopic (exact) mass is 302 g/mol. The highest BCUT2D eigenvalue weighted by molar-refractivity contribution is 5.33. The van der Waals surface area contributed by atoms with E-state index in [9.17, 15) is 5.11 Å². The van der Waals surface area contributed by atoms with Crippen molar-refractivity contribution in [1.29, 1.82) is 0 Å². The molecule has 0 aromatic rings. The zero-order chi connectivity index (χ0) is 16.8. The average Bonchev–Trinajstić information content (AvgIpc) is 2.43. The van der Waals surface area contributed by atoms with E-state index in [4.69, 9.17) is 5.11 Å². The molecule has 0 spiro atoms. The van der Waals surface area contributed by atoms with Crippen LogP contribution in [0.1, 0.15) is 53.9 Å². The second-order valence-electron chi connectivity index (χ2n) is 6.93. The molecule has 1 aliphatic rings. The van der Waals surface area contributed by atoms with Crippen LogP contribution in [0.4, 0.5) is 0 Å². The van der Waals surface area contributed by atoms with E-state index in [0.717, 1.165) is 5.57 Å². The van der Waals surface area contributed by atoms with Crippen LogP contribution in [0.5, 0.6) is 0 Å². The lowest BCUT2D eigenvalue weighted by atomic mass is 9.72. The number of allylic oxidation sites excluding steroid dienone is 4. The Bertz CT molecular complexity index is 524. The van der Waals surface area contributed by atoms with E-state index in [-0.39, 0.29) is 17.9 Å². The summed E-state index contributed by atoms with van der Waals surface area (Å²) in [6.07, 6.45) is 8.84. The molecule has 1 rings (SSSR count). The third kappa shape index (κ3) is 5.48. The van der Waals surface area contributed by atoms with Crippen molar-refractivity contribution < 1.29 is 10.2 Å². The second kappa shape index (κ2) is 8.36. The van der Waals surface area contributed by atoms with E-state index in [0.29, 0.717) is 0 Å². The standard InChI is InChI=1S/C20H30O2/c1-15(12-14-21)8-11-19(22)17(3)9-10-18-16(2)7-6-13-20(18,4)5/h9-10,12,17,19,21-22H,6-7,13-14H2,1-5H3. The first-order valence-corrected chi connectivity index (χ1v) is 8.13. The molecular weight excluding hydrogens is 272 g/mol. The molecule has 1 aliphatic carbocycles. The lowest BCUT2D eigenvalue weighted by Gasteiger charge is -2.33. The maximum atomic E-state index is 10.1. The fourth-order valence-corrected chi connectivity index (χ4v) is 2.87. The molecule has 0 amide bonds. The average molecular weight is 302 g/mol. The fourth-order valence-electron chi connectivity index (χ4n) is 2.87. The first-order chi connectivity index (χ1) is 10.3. The highest BCUT2D eigenvalue weighted by Gasteiger charge is 2.26. The van der Waals surface area contributed by atoms with E-state index < -0.39 is 6.10 Å². The minimum absolute atomic E-state index is 0.0193. The van der Waals surface area contributed by atoms with Gasteiger partial charge in [-0.25, -0.2) is 0 Å². The number of aliphatic hydroxyl groups excluding tert-OH is 2. The molecule has 0 radical (unpaired) electrons. The number of rotatable bonds is 4. The van der Waals surface area contributed by atoms with Crippen molar-refractivity contribution in [2.24, 2.45) is 11.3 Å². The zero-order valence-corrected chi connectivity index (χ0v) is 14.6. The SMILES string of the molecule is CC(C#CC(O)C(C)C=CC1=C(C)CCCC1(C)C)=CCO. The van der Waals surface area contributed by atoms with Crippen molar-refractivity contribution in [3.05, 3.63) is 34.9 Å². The van der Waals surface area contributed by atoms with Gasteiger partial charge < -0.3 is 10.2 Å². The molecule has 122 valence electrons. The highest BCUT2D eigenvalue weighted by atomic mass is 16.3. The van der Waals surface area contributed by atoms with Crippen LogP contribution < -0.4 is 0 Å². The summed E-state index contributed by atoms with van der Waals surface area (Å²) in [4.78, 5) is 0. The lowest BCUT2D eigenvalue weighted by Crippen LogP contribution is -2.20. The fraction of sp³-hybridized carbons (Fsp3) is 0.600. The van der Waals surface area contributed by atoms with Crippen LogP contribution in [0, 0.1) is 23.2 Å². The highest BCUT2D eigenvalue weighted by Crippen LogP contribution is 2.40. The topological polar surface area (TPSA) is 40.5 Å². The van der Waals surface area contributed by atoms with Gasteiger partial charge in [-0.15, -0.1) is 0 Å². The molecule has 0 saturated carbocycles. The maximum absolute atomic E-state index is 10.1. The number of aliphatic hydroxyl groups is 2. The Kier molecular flexibility index (Phi) is 7.13.